The summed E-state index contributed by atoms with van der Waals surface area (Å²) in [4.78, 5) is 22.8. The molecule has 40 heavy (non-hydrogen) atoms. The summed E-state index contributed by atoms with van der Waals surface area (Å²) < 4.78 is 31.9. The van der Waals surface area contributed by atoms with Crippen molar-refractivity contribution in [2.24, 2.45) is 11.7 Å². The van der Waals surface area contributed by atoms with E-state index in [1.54, 1.807) is 38.1 Å². The summed E-state index contributed by atoms with van der Waals surface area (Å²) in [5, 5.41) is 5.91. The molecule has 10 nitrogen and oxygen atoms in total. The maximum absolute atomic E-state index is 12.9. The lowest BCUT2D eigenvalue weighted by Crippen LogP contribution is -2.38. The Morgan fingerprint density at radius 3 is 2.42 bits per heavy atom. The number of aromatic nitrogens is 2. The third-order valence-electron chi connectivity index (χ3n) is 6.65. The zero-order valence-electron chi connectivity index (χ0n) is 23.0. The molecule has 2 heterocycles. The first-order valence-electron chi connectivity index (χ1n) is 13.2. The molecule has 0 aliphatic carbocycles. The van der Waals surface area contributed by atoms with E-state index in [2.05, 4.69) is 25.5 Å². The van der Waals surface area contributed by atoms with E-state index < -0.39 is 15.1 Å². The first kappa shape index (κ1) is 29.4. The summed E-state index contributed by atoms with van der Waals surface area (Å²) >= 11 is 6.39. The summed E-state index contributed by atoms with van der Waals surface area (Å²) in [6.07, 6.45) is 2.79. The predicted molar refractivity (Wildman–Crippen MR) is 159 cm³/mol. The van der Waals surface area contributed by atoms with Crippen LogP contribution < -0.4 is 26.0 Å². The van der Waals surface area contributed by atoms with Crippen molar-refractivity contribution in [3.05, 3.63) is 53.7 Å². The second kappa shape index (κ2) is 12.3. The Morgan fingerprint density at radius 2 is 1.77 bits per heavy atom. The number of rotatable bonds is 10. The van der Waals surface area contributed by atoms with Crippen molar-refractivity contribution in [2.75, 3.05) is 28.6 Å². The van der Waals surface area contributed by atoms with E-state index in [-0.39, 0.29) is 39.6 Å². The minimum absolute atomic E-state index is 0.0841. The van der Waals surface area contributed by atoms with E-state index in [9.17, 15) is 13.2 Å². The monoisotopic (exact) mass is 586 g/mol. The first-order chi connectivity index (χ1) is 19.0. The molecule has 1 amide bonds. The van der Waals surface area contributed by atoms with Crippen LogP contribution in [0.2, 0.25) is 5.02 Å². The number of hydrogen-bond acceptors (Lipinski definition) is 9. The molecule has 3 aromatic rings. The highest BCUT2D eigenvalue weighted by Crippen LogP contribution is 2.35. The second-order valence-electron chi connectivity index (χ2n) is 10.2. The van der Waals surface area contributed by atoms with E-state index in [4.69, 9.17) is 22.1 Å². The van der Waals surface area contributed by atoms with Crippen LogP contribution in [0.4, 0.5) is 28.8 Å². The van der Waals surface area contributed by atoms with Crippen molar-refractivity contribution in [3.8, 4) is 5.75 Å². The Balaban J connectivity index is 1.59. The van der Waals surface area contributed by atoms with Gasteiger partial charge in [0.15, 0.2) is 15.7 Å². The number of anilines is 5. The molecule has 0 bridgehead atoms. The minimum Gasteiger partial charge on any atom is -0.489 e. The molecule has 1 fully saturated rings. The number of primary amides is 1. The van der Waals surface area contributed by atoms with Gasteiger partial charge in [0.25, 0.3) is 0 Å². The van der Waals surface area contributed by atoms with Gasteiger partial charge >= 0.3 is 0 Å². The molecular formula is C28H35ClN6O4S. The van der Waals surface area contributed by atoms with E-state index in [0.717, 1.165) is 18.8 Å². The van der Waals surface area contributed by atoms with Gasteiger partial charge in [-0.3, -0.25) is 4.79 Å². The topological polar surface area (TPSA) is 140 Å². The predicted octanol–water partition coefficient (Wildman–Crippen LogP) is 5.29. The molecule has 1 saturated heterocycles. The molecule has 1 aromatic heterocycles. The highest BCUT2D eigenvalue weighted by Gasteiger charge is 2.25. The number of ether oxygens (including phenoxy) is 1. The molecule has 0 atom stereocenters. The van der Waals surface area contributed by atoms with Crippen molar-refractivity contribution < 1.29 is 17.9 Å². The lowest BCUT2D eigenvalue weighted by molar-refractivity contribution is -0.122. The number of para-hydroxylation sites is 1. The van der Waals surface area contributed by atoms with Crippen LogP contribution in [0.5, 0.6) is 5.75 Å². The molecule has 1 aliphatic rings. The van der Waals surface area contributed by atoms with Crippen molar-refractivity contribution in [1.29, 1.82) is 0 Å². The number of sulfone groups is 1. The number of hydrogen-bond donors (Lipinski definition) is 3. The van der Waals surface area contributed by atoms with E-state index in [0.29, 0.717) is 30.0 Å². The zero-order valence-corrected chi connectivity index (χ0v) is 24.6. The third-order valence-corrected chi connectivity index (χ3v) is 9.14. The zero-order chi connectivity index (χ0) is 29.0. The van der Waals surface area contributed by atoms with Crippen molar-refractivity contribution in [1.82, 2.24) is 9.97 Å². The van der Waals surface area contributed by atoms with Crippen LogP contribution in [-0.4, -0.2) is 48.7 Å². The number of nitrogens with one attached hydrogen (secondary N) is 2. The molecule has 1 aliphatic heterocycles. The van der Waals surface area contributed by atoms with Crippen LogP contribution in [0, 0.1) is 5.92 Å². The van der Waals surface area contributed by atoms with Crippen molar-refractivity contribution in [2.45, 2.75) is 56.8 Å². The van der Waals surface area contributed by atoms with Gasteiger partial charge in [-0.15, -0.1) is 0 Å². The van der Waals surface area contributed by atoms with Crippen molar-refractivity contribution in [3.63, 3.8) is 0 Å². The van der Waals surface area contributed by atoms with Crippen LogP contribution in [0.3, 0.4) is 0 Å². The Hall–Kier alpha value is -3.57. The quantitative estimate of drug-likeness (QED) is 0.289. The van der Waals surface area contributed by atoms with E-state index in [1.807, 2.05) is 32.0 Å². The molecule has 12 heteroatoms. The number of piperidine rings is 1. The van der Waals surface area contributed by atoms with Gasteiger partial charge in [-0.1, -0.05) is 23.7 Å². The summed E-state index contributed by atoms with van der Waals surface area (Å²) in [5.74, 6) is 0.785. The molecule has 0 unspecified atom stereocenters. The minimum atomic E-state index is -3.55. The standard InChI is InChI=1S/C28H35ClN6O4S/c1-17(2)39-24-15-20(35-13-11-19(12-14-35)26(30)36)9-10-22(24)33-28-31-16-21(29)27(34-28)32-23-7-5-6-8-25(23)40(37,38)18(3)4/h5-10,15-19H,11-14H2,1-4H3,(H2,30,36)(H2,31,32,33,34). The first-order valence-corrected chi connectivity index (χ1v) is 15.1. The van der Waals surface area contributed by atoms with Crippen LogP contribution in [0.25, 0.3) is 0 Å². The van der Waals surface area contributed by atoms with Crippen LogP contribution in [-0.2, 0) is 14.6 Å². The molecule has 4 rings (SSSR count). The molecular weight excluding hydrogens is 552 g/mol. The second-order valence-corrected chi connectivity index (χ2v) is 13.1. The van der Waals surface area contributed by atoms with E-state index >= 15 is 0 Å². The molecule has 0 saturated carbocycles. The fourth-order valence-electron chi connectivity index (χ4n) is 4.42. The van der Waals surface area contributed by atoms with Gasteiger partial charge in [0.2, 0.25) is 11.9 Å². The Morgan fingerprint density at radius 1 is 1.07 bits per heavy atom. The lowest BCUT2D eigenvalue weighted by atomic mass is 9.96. The fraction of sp³-hybridized carbons (Fsp3) is 0.393. The summed E-state index contributed by atoms with van der Waals surface area (Å²) in [5.41, 5.74) is 7.49. The Labute approximate surface area is 240 Å². The number of carbonyl (C=O) groups excluding carboxylic acids is 1. The molecule has 214 valence electrons. The van der Waals surface area contributed by atoms with Gasteiger partial charge in [0, 0.05) is 30.8 Å². The fourth-order valence-corrected chi connectivity index (χ4v) is 5.76. The summed E-state index contributed by atoms with van der Waals surface area (Å²) in [7, 11) is -3.55. The highest BCUT2D eigenvalue weighted by molar-refractivity contribution is 7.92. The summed E-state index contributed by atoms with van der Waals surface area (Å²) in [6, 6.07) is 12.5. The SMILES string of the molecule is CC(C)Oc1cc(N2CCC(C(N)=O)CC2)ccc1Nc1ncc(Cl)c(Nc2ccccc2S(=O)(=O)C(C)C)n1. The van der Waals surface area contributed by atoms with Gasteiger partial charge in [0.05, 0.1) is 33.8 Å². The lowest BCUT2D eigenvalue weighted by Gasteiger charge is -2.32. The third kappa shape index (κ3) is 6.76. The maximum Gasteiger partial charge on any atom is 0.229 e. The van der Waals surface area contributed by atoms with Gasteiger partial charge in [-0.2, -0.15) is 4.98 Å². The number of carbonyl (C=O) groups is 1. The molecule has 2 aromatic carbocycles. The van der Waals surface area contributed by atoms with Crippen LogP contribution >= 0.6 is 11.6 Å². The molecule has 4 N–H and O–H groups in total. The number of nitrogens with zero attached hydrogens (tertiary/aromatic N) is 3. The van der Waals surface area contributed by atoms with Crippen molar-refractivity contribution >= 4 is 56.2 Å². The average Bonchev–Trinajstić information content (AvgIpc) is 2.91. The van der Waals surface area contributed by atoms with E-state index in [1.165, 1.54) is 6.20 Å². The largest absolute Gasteiger partial charge is 0.489 e. The number of benzene rings is 2. The average molecular weight is 587 g/mol. The van der Waals surface area contributed by atoms with Gasteiger partial charge in [-0.25, -0.2) is 13.4 Å². The number of halogens is 1. The molecule has 0 radical (unpaired) electrons. The Kier molecular flexibility index (Phi) is 9.05. The van der Waals surface area contributed by atoms with Crippen LogP contribution in [0.15, 0.2) is 53.6 Å². The van der Waals surface area contributed by atoms with Gasteiger partial charge in [-0.05, 0) is 64.8 Å². The van der Waals surface area contributed by atoms with Gasteiger partial charge in [0.1, 0.15) is 10.8 Å². The number of nitrogens with two attached hydrogens (primary N) is 1. The molecule has 0 spiro atoms. The van der Waals surface area contributed by atoms with Crippen LogP contribution in [0.1, 0.15) is 40.5 Å². The van der Waals surface area contributed by atoms with Gasteiger partial charge < -0.3 is 26.0 Å². The smallest absolute Gasteiger partial charge is 0.229 e. The number of amides is 1. The highest BCUT2D eigenvalue weighted by atomic mass is 35.5. The Bertz CT molecular complexity index is 1470. The normalized spacial score (nSPS) is 14.4. The summed E-state index contributed by atoms with van der Waals surface area (Å²) in [6.45, 7) is 8.61. The maximum atomic E-state index is 12.9.